The van der Waals surface area contributed by atoms with Crippen LogP contribution in [0.3, 0.4) is 0 Å². The van der Waals surface area contributed by atoms with Crippen LogP contribution in [0.1, 0.15) is 15.9 Å². The average molecular weight is 593 g/mol. The molecule has 0 unspecified atom stereocenters. The molecule has 0 bridgehead atoms. The maximum absolute atomic E-state index is 13.5. The van der Waals surface area contributed by atoms with Crippen molar-refractivity contribution in [3.05, 3.63) is 125 Å². The Kier molecular flexibility index (Phi) is 8.93. The maximum Gasteiger partial charge on any atom is 0.264 e. The number of rotatable bonds is 10. The first kappa shape index (κ1) is 27.1. The molecule has 0 atom stereocenters. The van der Waals surface area contributed by atoms with Crippen LogP contribution in [0.5, 0.6) is 0 Å². The number of halogens is 1. The minimum atomic E-state index is -4.04. The number of carbonyl (C=O) groups excluding carboxylic acids is 2. The molecule has 2 N–H and O–H groups in total. The van der Waals surface area contributed by atoms with E-state index in [0.717, 1.165) is 14.3 Å². The molecule has 0 fully saturated rings. The van der Waals surface area contributed by atoms with Crippen LogP contribution in [-0.4, -0.2) is 33.3 Å². The van der Waals surface area contributed by atoms with Gasteiger partial charge in [-0.25, -0.2) is 8.42 Å². The lowest BCUT2D eigenvalue weighted by Gasteiger charge is -2.24. The van der Waals surface area contributed by atoms with Crippen molar-refractivity contribution in [3.63, 3.8) is 0 Å². The van der Waals surface area contributed by atoms with E-state index in [1.54, 1.807) is 66.7 Å². The monoisotopic (exact) mass is 591 g/mol. The normalized spacial score (nSPS) is 11.0. The number of sulfonamides is 1. The average Bonchev–Trinajstić information content (AvgIpc) is 2.93. The van der Waals surface area contributed by atoms with E-state index in [4.69, 9.17) is 0 Å². The number of hydrogen-bond acceptors (Lipinski definition) is 4. The van der Waals surface area contributed by atoms with Crippen LogP contribution in [0.4, 0.5) is 11.4 Å². The Hall–Kier alpha value is -3.95. The SMILES string of the molecule is O=C(CN(c1ccc(Br)cc1)S(=O)(=O)c1ccccc1)Nc1ccccc1C(=O)NCCc1ccccc1. The molecular formula is C29H26BrN3O4S. The Morgan fingerprint density at radius 2 is 1.37 bits per heavy atom. The van der Waals surface area contributed by atoms with Gasteiger partial charge in [-0.05, 0) is 60.5 Å². The van der Waals surface area contributed by atoms with Gasteiger partial charge in [0.25, 0.3) is 15.9 Å². The van der Waals surface area contributed by atoms with Crippen molar-refractivity contribution in [1.29, 1.82) is 0 Å². The van der Waals surface area contributed by atoms with Crippen LogP contribution in [-0.2, 0) is 21.2 Å². The lowest BCUT2D eigenvalue weighted by molar-refractivity contribution is -0.114. The summed E-state index contributed by atoms with van der Waals surface area (Å²) in [6.07, 6.45) is 0.667. The quantitative estimate of drug-likeness (QED) is 0.263. The third-order valence-electron chi connectivity index (χ3n) is 5.72. The number of anilines is 2. The van der Waals surface area contributed by atoms with Crippen molar-refractivity contribution in [3.8, 4) is 0 Å². The summed E-state index contributed by atoms with van der Waals surface area (Å²) < 4.78 is 28.8. The number of para-hydroxylation sites is 1. The molecule has 4 rings (SSSR count). The molecule has 38 heavy (non-hydrogen) atoms. The fourth-order valence-electron chi connectivity index (χ4n) is 3.81. The summed E-state index contributed by atoms with van der Waals surface area (Å²) in [6, 6.07) is 31.0. The second-order valence-electron chi connectivity index (χ2n) is 8.39. The molecule has 0 aromatic heterocycles. The molecule has 0 saturated heterocycles. The molecule has 2 amide bonds. The third kappa shape index (κ3) is 6.87. The van der Waals surface area contributed by atoms with Crippen molar-refractivity contribution in [2.24, 2.45) is 0 Å². The Morgan fingerprint density at radius 3 is 2.05 bits per heavy atom. The van der Waals surface area contributed by atoms with Gasteiger partial charge in [0.05, 0.1) is 21.8 Å². The molecule has 0 radical (unpaired) electrons. The lowest BCUT2D eigenvalue weighted by Crippen LogP contribution is -2.38. The van der Waals surface area contributed by atoms with Gasteiger partial charge in [0.2, 0.25) is 5.91 Å². The largest absolute Gasteiger partial charge is 0.352 e. The number of hydrogen-bond donors (Lipinski definition) is 2. The van der Waals surface area contributed by atoms with E-state index < -0.39 is 22.5 Å². The zero-order chi connectivity index (χ0) is 27.0. The summed E-state index contributed by atoms with van der Waals surface area (Å²) in [4.78, 5) is 26.1. The van der Waals surface area contributed by atoms with E-state index in [1.807, 2.05) is 30.3 Å². The van der Waals surface area contributed by atoms with E-state index in [0.29, 0.717) is 24.3 Å². The Morgan fingerprint density at radius 1 is 0.763 bits per heavy atom. The van der Waals surface area contributed by atoms with E-state index in [9.17, 15) is 18.0 Å². The highest BCUT2D eigenvalue weighted by molar-refractivity contribution is 9.10. The molecule has 4 aromatic carbocycles. The van der Waals surface area contributed by atoms with E-state index in [1.165, 1.54) is 12.1 Å². The van der Waals surface area contributed by atoms with Gasteiger partial charge in [-0.2, -0.15) is 0 Å². The molecule has 0 heterocycles. The van der Waals surface area contributed by atoms with Gasteiger partial charge in [0.1, 0.15) is 6.54 Å². The molecule has 0 aliphatic carbocycles. The van der Waals surface area contributed by atoms with Crippen LogP contribution in [0, 0.1) is 0 Å². The summed E-state index contributed by atoms with van der Waals surface area (Å²) in [6.45, 7) is -0.0549. The van der Waals surface area contributed by atoms with Crippen LogP contribution in [0.2, 0.25) is 0 Å². The molecule has 0 aliphatic heterocycles. The van der Waals surface area contributed by atoms with Gasteiger partial charge in [0, 0.05) is 11.0 Å². The Labute approximate surface area is 230 Å². The predicted molar refractivity (Wildman–Crippen MR) is 153 cm³/mol. The highest BCUT2D eigenvalue weighted by atomic mass is 79.9. The molecule has 9 heteroatoms. The van der Waals surface area contributed by atoms with Crippen molar-refractivity contribution in [2.45, 2.75) is 11.3 Å². The van der Waals surface area contributed by atoms with Crippen LogP contribution >= 0.6 is 15.9 Å². The fourth-order valence-corrected chi connectivity index (χ4v) is 5.52. The van der Waals surface area contributed by atoms with Crippen molar-refractivity contribution in [1.82, 2.24) is 5.32 Å². The summed E-state index contributed by atoms with van der Waals surface area (Å²) >= 11 is 3.35. The number of nitrogens with zero attached hydrogens (tertiary/aromatic N) is 1. The van der Waals surface area contributed by atoms with Gasteiger partial charge in [-0.1, -0.05) is 76.6 Å². The summed E-state index contributed by atoms with van der Waals surface area (Å²) in [7, 11) is -4.04. The van der Waals surface area contributed by atoms with Crippen LogP contribution in [0.25, 0.3) is 0 Å². The summed E-state index contributed by atoms with van der Waals surface area (Å²) in [5.74, 6) is -0.921. The number of benzene rings is 4. The highest BCUT2D eigenvalue weighted by Crippen LogP contribution is 2.25. The molecule has 0 aliphatic rings. The summed E-state index contributed by atoms with van der Waals surface area (Å²) in [5.41, 5.74) is 2.01. The molecule has 7 nitrogen and oxygen atoms in total. The standard InChI is InChI=1S/C29H26BrN3O4S/c30-23-15-17-24(18-16-23)33(38(36,37)25-11-5-2-6-12-25)21-28(34)32-27-14-8-7-13-26(27)29(35)31-20-19-22-9-3-1-4-10-22/h1-18H,19-21H2,(H,31,35)(H,32,34). The molecule has 194 valence electrons. The zero-order valence-corrected chi connectivity index (χ0v) is 22.8. The molecule has 0 spiro atoms. The van der Waals surface area contributed by atoms with E-state index >= 15 is 0 Å². The predicted octanol–water partition coefficient (Wildman–Crippen LogP) is 5.26. The van der Waals surface area contributed by atoms with E-state index in [-0.39, 0.29) is 16.4 Å². The lowest BCUT2D eigenvalue weighted by atomic mass is 10.1. The maximum atomic E-state index is 13.5. The van der Waals surface area contributed by atoms with Crippen molar-refractivity contribution < 1.29 is 18.0 Å². The highest BCUT2D eigenvalue weighted by Gasteiger charge is 2.27. The number of amides is 2. The topological polar surface area (TPSA) is 95.6 Å². The van der Waals surface area contributed by atoms with Gasteiger partial charge >= 0.3 is 0 Å². The Bertz CT molecular complexity index is 1500. The van der Waals surface area contributed by atoms with E-state index in [2.05, 4.69) is 26.6 Å². The first-order valence-corrected chi connectivity index (χ1v) is 14.1. The Balaban J connectivity index is 1.51. The minimum Gasteiger partial charge on any atom is -0.352 e. The minimum absolute atomic E-state index is 0.0638. The summed E-state index contributed by atoms with van der Waals surface area (Å²) in [5, 5.41) is 5.60. The molecular weight excluding hydrogens is 566 g/mol. The second-order valence-corrected chi connectivity index (χ2v) is 11.2. The van der Waals surface area contributed by atoms with Gasteiger partial charge in [-0.3, -0.25) is 13.9 Å². The zero-order valence-electron chi connectivity index (χ0n) is 20.4. The van der Waals surface area contributed by atoms with Gasteiger partial charge in [-0.15, -0.1) is 0 Å². The van der Waals surface area contributed by atoms with Crippen molar-refractivity contribution >= 4 is 49.1 Å². The van der Waals surface area contributed by atoms with Gasteiger partial charge < -0.3 is 10.6 Å². The first-order chi connectivity index (χ1) is 18.3. The van der Waals surface area contributed by atoms with Crippen LogP contribution in [0.15, 0.2) is 119 Å². The molecule has 0 saturated carbocycles. The third-order valence-corrected chi connectivity index (χ3v) is 8.04. The first-order valence-electron chi connectivity index (χ1n) is 11.9. The number of nitrogens with one attached hydrogen (secondary N) is 2. The number of carbonyl (C=O) groups is 2. The van der Waals surface area contributed by atoms with Crippen LogP contribution < -0.4 is 14.9 Å². The van der Waals surface area contributed by atoms with Crippen molar-refractivity contribution in [2.75, 3.05) is 22.7 Å². The fraction of sp³-hybridized carbons (Fsp3) is 0.103. The molecule has 4 aromatic rings. The van der Waals surface area contributed by atoms with Gasteiger partial charge in [0.15, 0.2) is 0 Å². The second kappa shape index (κ2) is 12.5. The smallest absolute Gasteiger partial charge is 0.264 e.